The van der Waals surface area contributed by atoms with Gasteiger partial charge in [0.2, 0.25) is 17.6 Å². The van der Waals surface area contributed by atoms with Gasteiger partial charge in [-0.05, 0) is 59.5 Å². The SMILES string of the molecule is O=C(N[C@H](Cc1cccc2ccccc12)C(=O)N[C@H](Cc1c[nH]c2ccccc12)C(=O)c1ncc(-c2ccccc2)[nH]1)C1CCNCC1. The minimum atomic E-state index is -0.947. The first kappa shape index (κ1) is 31.1. The Morgan fingerprint density at radius 1 is 0.750 bits per heavy atom. The second-order valence-corrected chi connectivity index (χ2v) is 12.4. The highest BCUT2D eigenvalue weighted by molar-refractivity contribution is 6.01. The standard InChI is InChI=1S/C39H38N6O3/c46-36(37-42-24-35(43-37)26-10-2-1-3-11-26)33(22-29-23-41-32-16-7-6-15-31(29)32)44-39(48)34(45-38(47)27-17-19-40-20-18-27)21-28-13-8-12-25-9-4-5-14-30(25)28/h1-16,23-24,27,33-34,40-41H,17-22H2,(H,42,43)(H,44,48)(H,45,47)/t33-,34-/m1/s1. The summed E-state index contributed by atoms with van der Waals surface area (Å²) in [6.07, 6.45) is 5.43. The number of hydrogen-bond donors (Lipinski definition) is 5. The molecule has 3 heterocycles. The van der Waals surface area contributed by atoms with E-state index in [9.17, 15) is 14.4 Å². The van der Waals surface area contributed by atoms with Crippen molar-refractivity contribution in [2.45, 2.75) is 37.8 Å². The molecule has 9 nitrogen and oxygen atoms in total. The van der Waals surface area contributed by atoms with Crippen LogP contribution < -0.4 is 16.0 Å². The van der Waals surface area contributed by atoms with E-state index in [0.29, 0.717) is 18.5 Å². The minimum Gasteiger partial charge on any atom is -0.361 e. The van der Waals surface area contributed by atoms with Gasteiger partial charge in [0.05, 0.1) is 17.9 Å². The Morgan fingerprint density at radius 2 is 1.46 bits per heavy atom. The maximum Gasteiger partial charge on any atom is 0.243 e. The lowest BCUT2D eigenvalue weighted by Crippen LogP contribution is -2.54. The van der Waals surface area contributed by atoms with E-state index >= 15 is 0 Å². The van der Waals surface area contributed by atoms with Crippen molar-refractivity contribution in [3.05, 3.63) is 126 Å². The maximum atomic E-state index is 14.3. The van der Waals surface area contributed by atoms with Crippen molar-refractivity contribution in [3.8, 4) is 11.3 Å². The molecular weight excluding hydrogens is 600 g/mol. The van der Waals surface area contributed by atoms with Crippen LogP contribution in [0.15, 0.2) is 109 Å². The summed E-state index contributed by atoms with van der Waals surface area (Å²) >= 11 is 0. The van der Waals surface area contributed by atoms with Gasteiger partial charge in [-0.1, -0.05) is 91.0 Å². The topological polar surface area (TPSA) is 132 Å². The maximum absolute atomic E-state index is 14.3. The van der Waals surface area contributed by atoms with Crippen LogP contribution in [-0.4, -0.2) is 57.7 Å². The van der Waals surface area contributed by atoms with Crippen LogP contribution in [0.2, 0.25) is 0 Å². The zero-order valence-electron chi connectivity index (χ0n) is 26.5. The molecule has 48 heavy (non-hydrogen) atoms. The summed E-state index contributed by atoms with van der Waals surface area (Å²) in [5, 5.41) is 12.5. The van der Waals surface area contributed by atoms with Crippen LogP contribution in [-0.2, 0) is 22.4 Å². The third-order valence-corrected chi connectivity index (χ3v) is 9.27. The summed E-state index contributed by atoms with van der Waals surface area (Å²) in [7, 11) is 0. The van der Waals surface area contributed by atoms with E-state index in [-0.39, 0.29) is 36.3 Å². The highest BCUT2D eigenvalue weighted by Gasteiger charge is 2.32. The molecule has 0 saturated carbocycles. The molecule has 0 spiro atoms. The van der Waals surface area contributed by atoms with Crippen molar-refractivity contribution in [1.82, 2.24) is 30.9 Å². The highest BCUT2D eigenvalue weighted by Crippen LogP contribution is 2.23. The van der Waals surface area contributed by atoms with Crippen molar-refractivity contribution < 1.29 is 14.4 Å². The Morgan fingerprint density at radius 3 is 2.29 bits per heavy atom. The van der Waals surface area contributed by atoms with E-state index in [2.05, 4.69) is 30.9 Å². The number of para-hydroxylation sites is 1. The molecule has 0 radical (unpaired) electrons. The normalized spacial score (nSPS) is 14.8. The van der Waals surface area contributed by atoms with Gasteiger partial charge in [0.15, 0.2) is 5.82 Å². The number of fused-ring (bicyclic) bond motifs is 2. The summed E-state index contributed by atoms with van der Waals surface area (Å²) in [5.41, 5.74) is 4.38. The van der Waals surface area contributed by atoms with E-state index < -0.39 is 18.0 Å². The molecule has 0 aliphatic carbocycles. The molecule has 4 aromatic carbocycles. The third-order valence-electron chi connectivity index (χ3n) is 9.27. The molecule has 2 aromatic heterocycles. The predicted molar refractivity (Wildman–Crippen MR) is 187 cm³/mol. The van der Waals surface area contributed by atoms with E-state index in [1.54, 1.807) is 6.20 Å². The first-order valence-corrected chi connectivity index (χ1v) is 16.5. The van der Waals surface area contributed by atoms with E-state index in [1.165, 1.54) is 0 Å². The van der Waals surface area contributed by atoms with Gasteiger partial charge in [-0.25, -0.2) is 4.98 Å². The van der Waals surface area contributed by atoms with Crippen LogP contribution in [0.3, 0.4) is 0 Å². The number of nitrogens with one attached hydrogen (secondary N) is 5. The Bertz CT molecular complexity index is 2060. The molecule has 2 amide bonds. The molecule has 1 saturated heterocycles. The molecule has 9 heteroatoms. The van der Waals surface area contributed by atoms with E-state index in [1.807, 2.05) is 103 Å². The zero-order valence-corrected chi connectivity index (χ0v) is 26.5. The average Bonchev–Trinajstić information content (AvgIpc) is 3.80. The molecule has 6 aromatic rings. The average molecular weight is 639 g/mol. The molecule has 242 valence electrons. The summed E-state index contributed by atoms with van der Waals surface area (Å²) in [6, 6.07) is 29.7. The van der Waals surface area contributed by atoms with Crippen LogP contribution in [0.4, 0.5) is 0 Å². The van der Waals surface area contributed by atoms with E-state index in [4.69, 9.17) is 0 Å². The number of ketones is 1. The molecule has 0 bridgehead atoms. The summed E-state index contributed by atoms with van der Waals surface area (Å²) < 4.78 is 0. The highest BCUT2D eigenvalue weighted by atomic mass is 16.2. The number of H-pyrrole nitrogens is 2. The summed E-state index contributed by atoms with van der Waals surface area (Å²) in [6.45, 7) is 1.52. The fourth-order valence-corrected chi connectivity index (χ4v) is 6.65. The molecule has 7 rings (SSSR count). The lowest BCUT2D eigenvalue weighted by atomic mass is 9.94. The number of aromatic amines is 2. The number of rotatable bonds is 11. The summed E-state index contributed by atoms with van der Waals surface area (Å²) in [5.74, 6) is -0.932. The monoisotopic (exact) mass is 638 g/mol. The molecular formula is C39H38N6O3. The van der Waals surface area contributed by atoms with Gasteiger partial charge in [-0.15, -0.1) is 0 Å². The van der Waals surface area contributed by atoms with Crippen LogP contribution in [0.1, 0.15) is 34.6 Å². The number of nitrogens with zero attached hydrogens (tertiary/aromatic N) is 1. The first-order valence-electron chi connectivity index (χ1n) is 16.5. The van der Waals surface area contributed by atoms with Gasteiger partial charge in [0.1, 0.15) is 6.04 Å². The second-order valence-electron chi connectivity index (χ2n) is 12.4. The fourth-order valence-electron chi connectivity index (χ4n) is 6.65. The number of aromatic nitrogens is 3. The van der Waals surface area contributed by atoms with Crippen molar-refractivity contribution >= 4 is 39.3 Å². The smallest absolute Gasteiger partial charge is 0.243 e. The van der Waals surface area contributed by atoms with Crippen molar-refractivity contribution in [1.29, 1.82) is 0 Å². The Kier molecular flexibility index (Phi) is 9.11. The van der Waals surface area contributed by atoms with Gasteiger partial charge < -0.3 is 25.9 Å². The first-order chi connectivity index (χ1) is 23.5. The lowest BCUT2D eigenvalue weighted by molar-refractivity contribution is -0.131. The quantitative estimate of drug-likeness (QED) is 0.122. The van der Waals surface area contributed by atoms with E-state index in [0.717, 1.165) is 51.5 Å². The molecule has 5 N–H and O–H groups in total. The van der Waals surface area contributed by atoms with Gasteiger partial charge in [0.25, 0.3) is 0 Å². The number of benzene rings is 4. The predicted octanol–water partition coefficient (Wildman–Crippen LogP) is 5.35. The largest absolute Gasteiger partial charge is 0.361 e. The lowest BCUT2D eigenvalue weighted by Gasteiger charge is -2.27. The number of carbonyl (C=O) groups is 3. The molecule has 1 aliphatic rings. The Hall–Kier alpha value is -5.54. The van der Waals surface area contributed by atoms with Gasteiger partial charge in [0, 0.05) is 35.9 Å². The number of amides is 2. The Balaban J connectivity index is 1.20. The Labute approximate surface area is 278 Å². The number of carbonyl (C=O) groups excluding carboxylic acids is 3. The molecule has 0 unspecified atom stereocenters. The number of imidazole rings is 1. The van der Waals surface area contributed by atoms with Gasteiger partial charge >= 0.3 is 0 Å². The fraction of sp³-hybridized carbons (Fsp3) is 0.231. The summed E-state index contributed by atoms with van der Waals surface area (Å²) in [4.78, 5) is 53.0. The van der Waals surface area contributed by atoms with Crippen molar-refractivity contribution in [3.63, 3.8) is 0 Å². The van der Waals surface area contributed by atoms with Crippen molar-refractivity contribution in [2.24, 2.45) is 5.92 Å². The van der Waals surface area contributed by atoms with Crippen LogP contribution in [0.5, 0.6) is 0 Å². The second kappa shape index (κ2) is 14.1. The van der Waals surface area contributed by atoms with Crippen molar-refractivity contribution in [2.75, 3.05) is 13.1 Å². The third kappa shape index (κ3) is 6.77. The molecule has 1 aliphatic heterocycles. The van der Waals surface area contributed by atoms with Crippen LogP contribution in [0.25, 0.3) is 32.9 Å². The zero-order chi connectivity index (χ0) is 32.9. The number of hydrogen-bond acceptors (Lipinski definition) is 5. The van der Waals surface area contributed by atoms with Gasteiger partial charge in [-0.3, -0.25) is 14.4 Å². The number of Topliss-reactive ketones (excluding diaryl/α,β-unsaturated/α-hetero) is 1. The van der Waals surface area contributed by atoms with Gasteiger partial charge in [-0.2, -0.15) is 0 Å². The van der Waals surface area contributed by atoms with Crippen LogP contribution in [0, 0.1) is 5.92 Å². The number of piperidine rings is 1. The molecule has 2 atom stereocenters. The van der Waals surface area contributed by atoms with Crippen LogP contribution >= 0.6 is 0 Å². The minimum absolute atomic E-state index is 0.144. The molecule has 1 fully saturated rings.